The summed E-state index contributed by atoms with van der Waals surface area (Å²) in [5, 5.41) is 12.9. The number of rotatable bonds is 3. The Kier molecular flexibility index (Phi) is 7.61. The van der Waals surface area contributed by atoms with Crippen LogP contribution < -0.4 is 5.32 Å². The van der Waals surface area contributed by atoms with Crippen LogP contribution in [0.3, 0.4) is 0 Å². The number of β-amino-alcohol motifs (C(OH)–C–C–N with tert-alkyl or cyclic N) is 1. The molecule has 3 fully saturated rings. The average Bonchev–Trinajstić information content (AvgIpc) is 3.14. The first-order valence-corrected chi connectivity index (χ1v) is 8.43. The van der Waals surface area contributed by atoms with Gasteiger partial charge in [-0.05, 0) is 51.6 Å². The Balaban J connectivity index is 0.00000132. The summed E-state index contributed by atoms with van der Waals surface area (Å²) in [5.41, 5.74) is 0.336. The third-order valence-electron chi connectivity index (χ3n) is 5.66. The molecule has 5 nitrogen and oxygen atoms in total. The molecule has 1 amide bonds. The van der Waals surface area contributed by atoms with Crippen molar-refractivity contribution in [3.05, 3.63) is 0 Å². The fourth-order valence-electron chi connectivity index (χ4n) is 4.20. The quantitative estimate of drug-likeness (QED) is 0.784. The van der Waals surface area contributed by atoms with Gasteiger partial charge in [-0.25, -0.2) is 0 Å². The molecule has 7 heteroatoms. The summed E-state index contributed by atoms with van der Waals surface area (Å²) >= 11 is 0. The van der Waals surface area contributed by atoms with Crippen molar-refractivity contribution in [2.75, 3.05) is 39.3 Å². The van der Waals surface area contributed by atoms with Crippen LogP contribution in [-0.4, -0.2) is 72.2 Å². The number of carbonyl (C=O) groups excluding carboxylic acids is 1. The lowest BCUT2D eigenvalue weighted by Gasteiger charge is -2.40. The lowest BCUT2D eigenvalue weighted by molar-refractivity contribution is -0.136. The fraction of sp³-hybridized carbons (Fsp3) is 0.938. The molecule has 2 heterocycles. The second kappa shape index (κ2) is 8.34. The van der Waals surface area contributed by atoms with Crippen LogP contribution in [0.15, 0.2) is 0 Å². The van der Waals surface area contributed by atoms with Gasteiger partial charge in [0.25, 0.3) is 0 Å². The number of carbonyl (C=O) groups is 1. The number of aliphatic hydroxyl groups is 1. The molecule has 3 unspecified atom stereocenters. The lowest BCUT2D eigenvalue weighted by Crippen LogP contribution is -2.55. The number of aliphatic hydroxyl groups excluding tert-OH is 1. The number of hydrogen-bond acceptors (Lipinski definition) is 4. The van der Waals surface area contributed by atoms with Gasteiger partial charge in [0.2, 0.25) is 5.91 Å². The van der Waals surface area contributed by atoms with Gasteiger partial charge in [-0.15, -0.1) is 24.8 Å². The molecule has 2 saturated heterocycles. The molecule has 3 rings (SSSR count). The molecule has 0 aromatic heterocycles. The van der Waals surface area contributed by atoms with Gasteiger partial charge < -0.3 is 15.3 Å². The second-order valence-electron chi connectivity index (χ2n) is 7.35. The Bertz CT molecular complexity index is 403. The third-order valence-corrected chi connectivity index (χ3v) is 5.66. The van der Waals surface area contributed by atoms with Gasteiger partial charge in [0.05, 0.1) is 6.10 Å². The highest BCUT2D eigenvalue weighted by atomic mass is 35.5. The van der Waals surface area contributed by atoms with E-state index in [4.69, 9.17) is 0 Å². The summed E-state index contributed by atoms with van der Waals surface area (Å²) in [5.74, 6) is 0.676. The minimum Gasteiger partial charge on any atom is -0.392 e. The first-order chi connectivity index (χ1) is 10.0. The van der Waals surface area contributed by atoms with E-state index in [1.807, 2.05) is 6.92 Å². The number of piperazine rings is 1. The first kappa shape index (κ1) is 21.0. The Labute approximate surface area is 152 Å². The molecular formula is C16H31Cl2N3O2. The summed E-state index contributed by atoms with van der Waals surface area (Å²) < 4.78 is 0. The molecule has 0 bridgehead atoms. The average molecular weight is 368 g/mol. The smallest absolute Gasteiger partial charge is 0.226 e. The predicted octanol–water partition coefficient (Wildman–Crippen LogP) is 1.13. The summed E-state index contributed by atoms with van der Waals surface area (Å²) in [7, 11) is 0. The van der Waals surface area contributed by atoms with Crippen LogP contribution in [-0.2, 0) is 4.79 Å². The van der Waals surface area contributed by atoms with E-state index in [2.05, 4.69) is 22.0 Å². The fourth-order valence-corrected chi connectivity index (χ4v) is 4.20. The van der Waals surface area contributed by atoms with Crippen LogP contribution in [0.4, 0.5) is 0 Å². The van der Waals surface area contributed by atoms with E-state index in [1.54, 1.807) is 0 Å². The number of nitrogens with one attached hydrogen (secondary N) is 1. The zero-order chi connectivity index (χ0) is 15.0. The first-order valence-electron chi connectivity index (χ1n) is 8.43. The monoisotopic (exact) mass is 367 g/mol. The number of amides is 1. The van der Waals surface area contributed by atoms with E-state index >= 15 is 0 Å². The van der Waals surface area contributed by atoms with Gasteiger partial charge in [0.15, 0.2) is 0 Å². The van der Waals surface area contributed by atoms with Crippen molar-refractivity contribution in [2.24, 2.45) is 11.3 Å². The summed E-state index contributed by atoms with van der Waals surface area (Å²) in [6.45, 7) is 9.37. The number of hydrogen-bond donors (Lipinski definition) is 2. The van der Waals surface area contributed by atoms with E-state index in [9.17, 15) is 9.90 Å². The number of nitrogens with zero attached hydrogens (tertiary/aromatic N) is 2. The minimum atomic E-state index is -0.295. The molecule has 3 atom stereocenters. The maximum atomic E-state index is 12.7. The molecule has 23 heavy (non-hydrogen) atoms. The highest BCUT2D eigenvalue weighted by Gasteiger charge is 2.58. The Morgan fingerprint density at radius 3 is 2.52 bits per heavy atom. The maximum absolute atomic E-state index is 12.7. The summed E-state index contributed by atoms with van der Waals surface area (Å²) in [4.78, 5) is 17.1. The summed E-state index contributed by atoms with van der Waals surface area (Å²) in [6, 6.07) is 0.347. The van der Waals surface area contributed by atoms with Crippen LogP contribution in [0.5, 0.6) is 0 Å². The van der Waals surface area contributed by atoms with Crippen molar-refractivity contribution in [2.45, 2.75) is 45.3 Å². The molecule has 1 aliphatic carbocycles. The van der Waals surface area contributed by atoms with Gasteiger partial charge >= 0.3 is 0 Å². The zero-order valence-corrected chi connectivity index (χ0v) is 15.8. The zero-order valence-electron chi connectivity index (χ0n) is 14.2. The molecule has 0 radical (unpaired) electrons. The molecule has 1 saturated carbocycles. The van der Waals surface area contributed by atoms with Crippen LogP contribution in [0.1, 0.15) is 33.1 Å². The minimum absolute atomic E-state index is 0. The standard InChI is InChI=1S/C16H29N3O2.2ClH/c1-12-10-19(8-7-18(12)11-13(2)20)15(21)14-9-16(14)3-5-17-6-4-16;;/h12-14,17,20H,3-11H2,1-2H3;2*1H. The van der Waals surface area contributed by atoms with Crippen molar-refractivity contribution in [1.82, 2.24) is 15.1 Å². The molecule has 1 spiro atoms. The molecule has 0 aromatic carbocycles. The van der Waals surface area contributed by atoms with Crippen molar-refractivity contribution < 1.29 is 9.90 Å². The van der Waals surface area contributed by atoms with Crippen LogP contribution in [0, 0.1) is 11.3 Å². The van der Waals surface area contributed by atoms with E-state index in [1.165, 1.54) is 12.8 Å². The van der Waals surface area contributed by atoms with Gasteiger partial charge in [-0.1, -0.05) is 0 Å². The lowest BCUT2D eigenvalue weighted by atomic mass is 9.91. The van der Waals surface area contributed by atoms with Gasteiger partial charge in [0, 0.05) is 38.1 Å². The Morgan fingerprint density at radius 1 is 1.30 bits per heavy atom. The molecule has 2 N–H and O–H groups in total. The van der Waals surface area contributed by atoms with Gasteiger partial charge in [-0.2, -0.15) is 0 Å². The van der Waals surface area contributed by atoms with Crippen molar-refractivity contribution >= 4 is 30.7 Å². The van der Waals surface area contributed by atoms with Gasteiger partial charge in [-0.3, -0.25) is 9.69 Å². The molecular weight excluding hydrogens is 337 g/mol. The van der Waals surface area contributed by atoms with Gasteiger partial charge in [0.1, 0.15) is 0 Å². The Hall–Kier alpha value is -0.0700. The predicted molar refractivity (Wildman–Crippen MR) is 96.4 cm³/mol. The third kappa shape index (κ3) is 4.51. The highest BCUT2D eigenvalue weighted by molar-refractivity contribution is 5.85. The van der Waals surface area contributed by atoms with E-state index in [0.29, 0.717) is 23.9 Å². The van der Waals surface area contributed by atoms with E-state index in [-0.39, 0.29) is 36.8 Å². The topological polar surface area (TPSA) is 55.8 Å². The number of piperidine rings is 1. The summed E-state index contributed by atoms with van der Waals surface area (Å²) in [6.07, 6.45) is 3.15. The molecule has 0 aromatic rings. The SMILES string of the molecule is CC(O)CN1CCN(C(=O)C2CC23CCNCC3)CC1C.Cl.Cl. The molecule has 2 aliphatic heterocycles. The van der Waals surface area contributed by atoms with Crippen LogP contribution in [0.2, 0.25) is 0 Å². The van der Waals surface area contributed by atoms with E-state index in [0.717, 1.165) is 39.1 Å². The van der Waals surface area contributed by atoms with Crippen molar-refractivity contribution in [3.63, 3.8) is 0 Å². The Morgan fingerprint density at radius 2 is 1.96 bits per heavy atom. The largest absolute Gasteiger partial charge is 0.392 e. The highest BCUT2D eigenvalue weighted by Crippen LogP contribution is 2.59. The maximum Gasteiger partial charge on any atom is 0.226 e. The van der Waals surface area contributed by atoms with Crippen molar-refractivity contribution in [3.8, 4) is 0 Å². The normalized spacial score (nSPS) is 31.0. The van der Waals surface area contributed by atoms with Crippen LogP contribution in [0.25, 0.3) is 0 Å². The molecule has 136 valence electrons. The second-order valence-corrected chi connectivity index (χ2v) is 7.35. The molecule has 3 aliphatic rings. The number of halogens is 2. The van der Waals surface area contributed by atoms with Crippen LogP contribution >= 0.6 is 24.8 Å². The van der Waals surface area contributed by atoms with E-state index < -0.39 is 0 Å². The van der Waals surface area contributed by atoms with Crippen molar-refractivity contribution in [1.29, 1.82) is 0 Å².